The monoisotopic (exact) mass is 343 g/mol. The maximum absolute atomic E-state index is 12.9. The van der Waals surface area contributed by atoms with E-state index in [9.17, 15) is 14.7 Å². The Kier molecular flexibility index (Phi) is 5.24. The second-order valence-electron chi connectivity index (χ2n) is 6.47. The Morgan fingerprint density at radius 3 is 2.60 bits per heavy atom. The number of hydrazone groups is 1. The van der Waals surface area contributed by atoms with E-state index in [2.05, 4.69) is 5.10 Å². The standard InChI is InChI=1S/C18H21N3O4/c1-17(24)10-13(12-6-4-3-5-7-12)18(16(23)25-2,14(11-17)21-20)15(22)8-9-19/h3-7,13,24H,8,10-11,20H2,1-2H3. The van der Waals surface area contributed by atoms with Gasteiger partial charge in [-0.2, -0.15) is 10.4 Å². The van der Waals surface area contributed by atoms with Crippen LogP contribution in [0.4, 0.5) is 0 Å². The van der Waals surface area contributed by atoms with E-state index in [-0.39, 0.29) is 18.6 Å². The van der Waals surface area contributed by atoms with Gasteiger partial charge in [0.1, 0.15) is 0 Å². The molecule has 0 radical (unpaired) electrons. The van der Waals surface area contributed by atoms with Crippen molar-refractivity contribution in [3.8, 4) is 6.07 Å². The highest BCUT2D eigenvalue weighted by molar-refractivity contribution is 6.25. The lowest BCUT2D eigenvalue weighted by molar-refractivity contribution is -0.156. The van der Waals surface area contributed by atoms with Gasteiger partial charge in [0.15, 0.2) is 11.2 Å². The first-order chi connectivity index (χ1) is 11.8. The zero-order chi connectivity index (χ0) is 18.7. The van der Waals surface area contributed by atoms with Crippen molar-refractivity contribution in [3.05, 3.63) is 35.9 Å². The van der Waals surface area contributed by atoms with Crippen molar-refractivity contribution in [1.82, 2.24) is 0 Å². The number of nitriles is 1. The van der Waals surface area contributed by atoms with Gasteiger partial charge in [-0.15, -0.1) is 0 Å². The van der Waals surface area contributed by atoms with E-state index in [1.54, 1.807) is 43.3 Å². The van der Waals surface area contributed by atoms with E-state index in [0.29, 0.717) is 5.56 Å². The van der Waals surface area contributed by atoms with Crippen LogP contribution in [0.2, 0.25) is 0 Å². The second kappa shape index (κ2) is 7.03. The third-order valence-electron chi connectivity index (χ3n) is 4.71. The number of Topliss-reactive ketones (excluding diaryl/α,β-unsaturated/α-hetero) is 1. The zero-order valence-corrected chi connectivity index (χ0v) is 14.2. The largest absolute Gasteiger partial charge is 0.468 e. The fourth-order valence-electron chi connectivity index (χ4n) is 3.67. The van der Waals surface area contributed by atoms with Crippen molar-refractivity contribution in [1.29, 1.82) is 5.26 Å². The lowest BCUT2D eigenvalue weighted by Gasteiger charge is -2.46. The van der Waals surface area contributed by atoms with Gasteiger partial charge >= 0.3 is 5.97 Å². The smallest absolute Gasteiger partial charge is 0.325 e. The maximum Gasteiger partial charge on any atom is 0.325 e. The lowest BCUT2D eigenvalue weighted by Crippen LogP contribution is -2.58. The number of carbonyl (C=O) groups is 2. The van der Waals surface area contributed by atoms with E-state index in [1.165, 1.54) is 7.11 Å². The quantitative estimate of drug-likeness (QED) is 0.367. The molecule has 0 heterocycles. The lowest BCUT2D eigenvalue weighted by atomic mass is 9.56. The molecular weight excluding hydrogens is 322 g/mol. The van der Waals surface area contributed by atoms with Crippen LogP contribution in [-0.4, -0.2) is 35.3 Å². The number of benzene rings is 1. The zero-order valence-electron chi connectivity index (χ0n) is 14.2. The molecule has 0 aromatic heterocycles. The molecule has 0 amide bonds. The van der Waals surface area contributed by atoms with Gasteiger partial charge in [-0.3, -0.25) is 9.59 Å². The molecule has 7 nitrogen and oxygen atoms in total. The molecule has 1 aliphatic carbocycles. The Balaban J connectivity index is 2.77. The molecule has 0 bridgehead atoms. The Labute approximate surface area is 146 Å². The van der Waals surface area contributed by atoms with Crippen LogP contribution in [0, 0.1) is 16.7 Å². The van der Waals surface area contributed by atoms with Crippen molar-refractivity contribution >= 4 is 17.5 Å². The predicted octanol–water partition coefficient (Wildman–Crippen LogP) is 1.27. The van der Waals surface area contributed by atoms with E-state index < -0.39 is 35.1 Å². The molecule has 1 fully saturated rings. The number of ether oxygens (including phenoxy) is 1. The SMILES string of the molecule is COC(=O)C1(C(=O)CC#N)C(=NN)CC(C)(O)CC1c1ccccc1. The summed E-state index contributed by atoms with van der Waals surface area (Å²) < 4.78 is 4.93. The number of methoxy groups -OCH3 is 1. The van der Waals surface area contributed by atoms with Gasteiger partial charge in [-0.1, -0.05) is 30.3 Å². The molecule has 1 aliphatic rings. The Bertz CT molecular complexity index is 736. The molecule has 0 spiro atoms. The summed E-state index contributed by atoms with van der Waals surface area (Å²) in [5, 5.41) is 23.3. The minimum atomic E-state index is -1.82. The van der Waals surface area contributed by atoms with Gasteiger partial charge in [-0.05, 0) is 18.9 Å². The molecule has 2 rings (SSSR count). The highest BCUT2D eigenvalue weighted by atomic mass is 16.5. The van der Waals surface area contributed by atoms with Crippen molar-refractivity contribution in [2.24, 2.45) is 16.4 Å². The number of nitrogens with two attached hydrogens (primary N) is 1. The van der Waals surface area contributed by atoms with Crippen molar-refractivity contribution < 1.29 is 19.4 Å². The maximum atomic E-state index is 12.9. The van der Waals surface area contributed by atoms with E-state index in [0.717, 1.165) is 0 Å². The molecule has 0 aliphatic heterocycles. The van der Waals surface area contributed by atoms with Crippen LogP contribution in [0.3, 0.4) is 0 Å². The molecule has 3 N–H and O–H groups in total. The van der Waals surface area contributed by atoms with E-state index in [1.807, 2.05) is 0 Å². The summed E-state index contributed by atoms with van der Waals surface area (Å²) in [6.45, 7) is 1.60. The highest BCUT2D eigenvalue weighted by Crippen LogP contribution is 2.50. The summed E-state index contributed by atoms with van der Waals surface area (Å²) in [6, 6.07) is 10.7. The third kappa shape index (κ3) is 3.13. The molecule has 1 aromatic carbocycles. The number of carbonyl (C=O) groups excluding carboxylic acids is 2. The Hall–Kier alpha value is -2.72. The molecular formula is C18H21N3O4. The molecule has 3 atom stereocenters. The molecule has 0 saturated heterocycles. The fraction of sp³-hybridized carbons (Fsp3) is 0.444. The first-order valence-electron chi connectivity index (χ1n) is 7.86. The molecule has 1 saturated carbocycles. The number of ketones is 1. The number of nitrogens with zero attached hydrogens (tertiary/aromatic N) is 2. The summed E-state index contributed by atoms with van der Waals surface area (Å²) in [6.07, 6.45) is -0.416. The van der Waals surface area contributed by atoms with Gasteiger partial charge in [0.05, 0.1) is 30.9 Å². The molecule has 132 valence electrons. The van der Waals surface area contributed by atoms with Gasteiger partial charge in [0.2, 0.25) is 0 Å². The highest BCUT2D eigenvalue weighted by Gasteiger charge is 2.61. The first kappa shape index (κ1) is 18.6. The summed E-state index contributed by atoms with van der Waals surface area (Å²) in [5.74, 6) is 3.31. The summed E-state index contributed by atoms with van der Waals surface area (Å²) in [5.41, 5.74) is -2.32. The topological polar surface area (TPSA) is 126 Å². The summed E-state index contributed by atoms with van der Waals surface area (Å²) >= 11 is 0. The minimum Gasteiger partial charge on any atom is -0.468 e. The molecule has 25 heavy (non-hydrogen) atoms. The van der Waals surface area contributed by atoms with Crippen molar-refractivity contribution in [2.75, 3.05) is 7.11 Å². The minimum absolute atomic E-state index is 0.0321. The Morgan fingerprint density at radius 1 is 1.44 bits per heavy atom. The third-order valence-corrected chi connectivity index (χ3v) is 4.71. The predicted molar refractivity (Wildman–Crippen MR) is 90.3 cm³/mol. The number of rotatable bonds is 4. The summed E-state index contributed by atoms with van der Waals surface area (Å²) in [7, 11) is 1.17. The van der Waals surface area contributed by atoms with Crippen LogP contribution in [0.15, 0.2) is 35.4 Å². The molecule has 7 heteroatoms. The van der Waals surface area contributed by atoms with Crippen LogP contribution in [-0.2, 0) is 14.3 Å². The normalized spacial score (nSPS) is 30.5. The molecule has 1 aromatic rings. The van der Waals surface area contributed by atoms with Gasteiger partial charge in [0, 0.05) is 12.3 Å². The number of aliphatic hydroxyl groups is 1. The first-order valence-corrected chi connectivity index (χ1v) is 7.86. The van der Waals surface area contributed by atoms with Crippen LogP contribution in [0.5, 0.6) is 0 Å². The van der Waals surface area contributed by atoms with Crippen LogP contribution in [0.1, 0.15) is 37.7 Å². The van der Waals surface area contributed by atoms with Crippen LogP contribution in [0.25, 0.3) is 0 Å². The summed E-state index contributed by atoms with van der Waals surface area (Å²) in [4.78, 5) is 25.7. The van der Waals surface area contributed by atoms with Crippen LogP contribution >= 0.6 is 0 Å². The van der Waals surface area contributed by atoms with Gasteiger partial charge < -0.3 is 15.7 Å². The van der Waals surface area contributed by atoms with Crippen molar-refractivity contribution in [3.63, 3.8) is 0 Å². The molecule has 3 unspecified atom stereocenters. The Morgan fingerprint density at radius 2 is 2.08 bits per heavy atom. The second-order valence-corrected chi connectivity index (χ2v) is 6.47. The van der Waals surface area contributed by atoms with Gasteiger partial charge in [0.25, 0.3) is 0 Å². The van der Waals surface area contributed by atoms with Crippen molar-refractivity contribution in [2.45, 2.75) is 37.7 Å². The fourth-order valence-corrected chi connectivity index (χ4v) is 3.67. The number of esters is 1. The average molecular weight is 343 g/mol. The number of hydrogen-bond donors (Lipinski definition) is 2. The van der Waals surface area contributed by atoms with Gasteiger partial charge in [-0.25, -0.2) is 0 Å². The average Bonchev–Trinajstić information content (AvgIpc) is 2.60. The van der Waals surface area contributed by atoms with E-state index >= 15 is 0 Å². The van der Waals surface area contributed by atoms with E-state index in [4.69, 9.17) is 15.8 Å². The van der Waals surface area contributed by atoms with Crippen LogP contribution < -0.4 is 5.84 Å². The number of hydrogen-bond acceptors (Lipinski definition) is 7.